The summed E-state index contributed by atoms with van der Waals surface area (Å²) >= 11 is 1.78. The van der Waals surface area contributed by atoms with Gasteiger partial charge in [0.1, 0.15) is 0 Å². The highest BCUT2D eigenvalue weighted by molar-refractivity contribution is 7.17. The van der Waals surface area contributed by atoms with Gasteiger partial charge >= 0.3 is 6.03 Å². The van der Waals surface area contributed by atoms with E-state index in [2.05, 4.69) is 39.9 Å². The van der Waals surface area contributed by atoms with Crippen molar-refractivity contribution in [3.05, 3.63) is 35.2 Å². The van der Waals surface area contributed by atoms with Crippen molar-refractivity contribution < 1.29 is 9.59 Å². The van der Waals surface area contributed by atoms with Crippen molar-refractivity contribution in [2.45, 2.75) is 6.54 Å². The highest BCUT2D eigenvalue weighted by Crippen LogP contribution is 2.26. The predicted octanol–water partition coefficient (Wildman–Crippen LogP) is 1.21. The number of primary amides is 1. The van der Waals surface area contributed by atoms with Gasteiger partial charge in [0.15, 0.2) is 0 Å². The highest BCUT2D eigenvalue weighted by atomic mass is 32.1. The summed E-state index contributed by atoms with van der Waals surface area (Å²) in [6.07, 6.45) is 0. The molecule has 0 bridgehead atoms. The van der Waals surface area contributed by atoms with Crippen molar-refractivity contribution in [3.63, 3.8) is 0 Å². The first kappa shape index (κ1) is 15.9. The number of carbonyl (C=O) groups is 2. The van der Waals surface area contributed by atoms with Gasteiger partial charge < -0.3 is 5.73 Å². The van der Waals surface area contributed by atoms with Crippen LogP contribution in [0.5, 0.6) is 0 Å². The minimum atomic E-state index is -0.794. The molecule has 6 nitrogen and oxygen atoms in total. The van der Waals surface area contributed by atoms with Crippen molar-refractivity contribution in [1.82, 2.24) is 15.1 Å². The maximum absolute atomic E-state index is 11.5. The Kier molecular flexibility index (Phi) is 4.90. The lowest BCUT2D eigenvalue weighted by Crippen LogP contribution is -2.50. The number of piperazine rings is 1. The molecule has 0 aliphatic carbocycles. The summed E-state index contributed by atoms with van der Waals surface area (Å²) in [5.41, 5.74) is 6.31. The van der Waals surface area contributed by atoms with Crippen LogP contribution in [-0.4, -0.2) is 54.5 Å². The summed E-state index contributed by atoms with van der Waals surface area (Å²) in [4.78, 5) is 26.6. The van der Waals surface area contributed by atoms with E-state index < -0.39 is 6.03 Å². The van der Waals surface area contributed by atoms with Crippen LogP contribution in [0.4, 0.5) is 4.79 Å². The Hall–Kier alpha value is -1.96. The number of imide groups is 1. The molecule has 122 valence electrons. The summed E-state index contributed by atoms with van der Waals surface area (Å²) in [6.45, 7) is 4.61. The lowest BCUT2D eigenvalue weighted by atomic mass is 10.1. The van der Waals surface area contributed by atoms with E-state index in [1.54, 1.807) is 11.3 Å². The second-order valence-corrected chi connectivity index (χ2v) is 6.63. The van der Waals surface area contributed by atoms with Crippen LogP contribution in [0.1, 0.15) is 5.56 Å². The van der Waals surface area contributed by atoms with E-state index in [1.807, 2.05) is 4.90 Å². The molecule has 2 aromatic rings. The van der Waals surface area contributed by atoms with Gasteiger partial charge in [-0.25, -0.2) is 4.79 Å². The first-order valence-corrected chi connectivity index (χ1v) is 8.49. The topological polar surface area (TPSA) is 78.7 Å². The Bertz CT molecular complexity index is 707. The molecule has 0 atom stereocenters. The monoisotopic (exact) mass is 332 g/mol. The average Bonchev–Trinajstić information content (AvgIpc) is 2.92. The largest absolute Gasteiger partial charge is 0.351 e. The third kappa shape index (κ3) is 4.07. The molecule has 0 unspecified atom stereocenters. The second kappa shape index (κ2) is 7.08. The zero-order valence-electron chi connectivity index (χ0n) is 12.8. The van der Waals surface area contributed by atoms with Gasteiger partial charge in [-0.05, 0) is 22.4 Å². The third-order valence-electron chi connectivity index (χ3n) is 4.05. The summed E-state index contributed by atoms with van der Waals surface area (Å²) in [5.74, 6) is -0.338. The molecular formula is C16H20N4O2S. The van der Waals surface area contributed by atoms with E-state index in [4.69, 9.17) is 5.73 Å². The van der Waals surface area contributed by atoms with E-state index in [0.717, 1.165) is 32.7 Å². The fourth-order valence-corrected chi connectivity index (χ4v) is 3.84. The molecular weight excluding hydrogens is 312 g/mol. The molecule has 3 amide bonds. The number of amides is 3. The zero-order chi connectivity index (χ0) is 16.2. The van der Waals surface area contributed by atoms with Gasteiger partial charge in [-0.15, -0.1) is 11.3 Å². The minimum Gasteiger partial charge on any atom is -0.351 e. The van der Waals surface area contributed by atoms with Crippen LogP contribution in [0.25, 0.3) is 10.1 Å². The van der Waals surface area contributed by atoms with Crippen molar-refractivity contribution in [2.24, 2.45) is 5.73 Å². The first-order chi connectivity index (χ1) is 11.1. The molecule has 0 saturated carbocycles. The van der Waals surface area contributed by atoms with E-state index in [9.17, 15) is 9.59 Å². The van der Waals surface area contributed by atoms with Gasteiger partial charge in [-0.1, -0.05) is 18.2 Å². The van der Waals surface area contributed by atoms with Gasteiger partial charge in [0.2, 0.25) is 5.91 Å². The predicted molar refractivity (Wildman–Crippen MR) is 91.3 cm³/mol. The average molecular weight is 332 g/mol. The summed E-state index contributed by atoms with van der Waals surface area (Å²) in [7, 11) is 0. The van der Waals surface area contributed by atoms with Crippen LogP contribution < -0.4 is 11.1 Å². The molecule has 1 aliphatic rings. The number of urea groups is 1. The van der Waals surface area contributed by atoms with Crippen LogP contribution in [0.15, 0.2) is 29.6 Å². The van der Waals surface area contributed by atoms with Crippen LogP contribution in [0, 0.1) is 0 Å². The SMILES string of the molecule is NC(=O)NC(=O)CN1CCN(Cc2csc3ccccc23)CC1. The number of carbonyl (C=O) groups excluding carboxylic acids is 2. The fourth-order valence-electron chi connectivity index (χ4n) is 2.88. The van der Waals surface area contributed by atoms with Crippen LogP contribution in [0.3, 0.4) is 0 Å². The van der Waals surface area contributed by atoms with Gasteiger partial charge in [-0.2, -0.15) is 0 Å². The number of hydrogen-bond acceptors (Lipinski definition) is 5. The maximum atomic E-state index is 11.5. The van der Waals surface area contributed by atoms with E-state index >= 15 is 0 Å². The molecule has 0 radical (unpaired) electrons. The van der Waals surface area contributed by atoms with Crippen LogP contribution in [0.2, 0.25) is 0 Å². The second-order valence-electron chi connectivity index (χ2n) is 5.72. The van der Waals surface area contributed by atoms with E-state index in [0.29, 0.717) is 0 Å². The standard InChI is InChI=1S/C16H20N4O2S/c17-16(22)18-15(21)10-20-7-5-19(6-8-20)9-12-11-23-14-4-2-1-3-13(12)14/h1-4,11H,5-10H2,(H3,17,18,21,22). The van der Waals surface area contributed by atoms with Crippen molar-refractivity contribution in [1.29, 1.82) is 0 Å². The van der Waals surface area contributed by atoms with E-state index in [-0.39, 0.29) is 12.5 Å². The summed E-state index contributed by atoms with van der Waals surface area (Å²) < 4.78 is 1.32. The molecule has 23 heavy (non-hydrogen) atoms. The smallest absolute Gasteiger partial charge is 0.318 e. The van der Waals surface area contributed by atoms with Crippen molar-refractivity contribution in [2.75, 3.05) is 32.7 Å². The van der Waals surface area contributed by atoms with Crippen molar-refractivity contribution >= 4 is 33.4 Å². The molecule has 1 aromatic heterocycles. The third-order valence-corrected chi connectivity index (χ3v) is 5.06. The lowest BCUT2D eigenvalue weighted by molar-refractivity contribution is -0.121. The Morgan fingerprint density at radius 2 is 1.83 bits per heavy atom. The van der Waals surface area contributed by atoms with Gasteiger partial charge in [0, 0.05) is 37.4 Å². The highest BCUT2D eigenvalue weighted by Gasteiger charge is 2.20. The first-order valence-electron chi connectivity index (χ1n) is 7.61. The lowest BCUT2D eigenvalue weighted by Gasteiger charge is -2.34. The fraction of sp³-hybridized carbons (Fsp3) is 0.375. The van der Waals surface area contributed by atoms with E-state index in [1.165, 1.54) is 15.6 Å². The number of hydrogen-bond donors (Lipinski definition) is 2. The molecule has 0 spiro atoms. The quantitative estimate of drug-likeness (QED) is 0.882. The number of benzene rings is 1. The normalized spacial score (nSPS) is 16.5. The van der Waals surface area contributed by atoms with Crippen molar-refractivity contribution in [3.8, 4) is 0 Å². The minimum absolute atomic E-state index is 0.220. The molecule has 3 N–H and O–H groups in total. The maximum Gasteiger partial charge on any atom is 0.318 e. The molecule has 1 aromatic carbocycles. The van der Waals surface area contributed by atoms with Gasteiger partial charge in [-0.3, -0.25) is 19.9 Å². The summed E-state index contributed by atoms with van der Waals surface area (Å²) in [5, 5.41) is 5.67. The van der Waals surface area contributed by atoms with Gasteiger partial charge in [0.25, 0.3) is 0 Å². The number of nitrogens with one attached hydrogen (secondary N) is 1. The molecule has 2 heterocycles. The molecule has 1 saturated heterocycles. The summed E-state index contributed by atoms with van der Waals surface area (Å²) in [6, 6.07) is 7.68. The number of rotatable bonds is 4. The Morgan fingerprint density at radius 3 is 2.57 bits per heavy atom. The number of thiophene rings is 1. The zero-order valence-corrected chi connectivity index (χ0v) is 13.6. The van der Waals surface area contributed by atoms with Crippen LogP contribution >= 0.6 is 11.3 Å². The molecule has 1 aliphatic heterocycles. The Morgan fingerprint density at radius 1 is 1.13 bits per heavy atom. The number of nitrogens with zero attached hydrogens (tertiary/aromatic N) is 2. The Labute approximate surface area is 138 Å². The molecule has 7 heteroatoms. The number of fused-ring (bicyclic) bond motifs is 1. The van der Waals surface area contributed by atoms with Crippen LogP contribution in [-0.2, 0) is 11.3 Å². The molecule has 3 rings (SSSR count). The Balaban J connectivity index is 1.51. The van der Waals surface area contributed by atoms with Gasteiger partial charge in [0.05, 0.1) is 6.54 Å². The molecule has 1 fully saturated rings. The number of nitrogens with two attached hydrogens (primary N) is 1.